The predicted octanol–water partition coefficient (Wildman–Crippen LogP) is 2.63. The second-order valence-corrected chi connectivity index (χ2v) is 9.73. The second-order valence-electron chi connectivity index (χ2n) is 6.64. The zero-order chi connectivity index (χ0) is 19.1. The number of nitrogens with two attached hydrogens (primary N) is 1. The molecule has 1 aliphatic rings. The Kier molecular flexibility index (Phi) is 4.90. The number of thiophene rings is 1. The van der Waals surface area contributed by atoms with Crippen molar-refractivity contribution in [2.24, 2.45) is 11.7 Å². The number of carbonyl (C=O) groups is 2. The summed E-state index contributed by atoms with van der Waals surface area (Å²) in [5.74, 6) is -0.639. The molecule has 8 heteroatoms. The van der Waals surface area contributed by atoms with E-state index in [4.69, 9.17) is 5.73 Å². The lowest BCUT2D eigenvalue weighted by atomic mass is 9.88. The highest BCUT2D eigenvalue weighted by Gasteiger charge is 2.28. The number of nitrogens with one attached hydrogen (secondary N) is 1. The van der Waals surface area contributed by atoms with Gasteiger partial charge in [-0.1, -0.05) is 19.1 Å². The van der Waals surface area contributed by atoms with Gasteiger partial charge in [-0.2, -0.15) is 0 Å². The minimum atomic E-state index is -3.56. The summed E-state index contributed by atoms with van der Waals surface area (Å²) in [5.41, 5.74) is 6.86. The fourth-order valence-electron chi connectivity index (χ4n) is 3.25. The molecule has 26 heavy (non-hydrogen) atoms. The van der Waals surface area contributed by atoms with E-state index >= 15 is 0 Å². The Balaban J connectivity index is 2.00. The van der Waals surface area contributed by atoms with Crippen LogP contribution in [-0.2, 0) is 22.7 Å². The van der Waals surface area contributed by atoms with E-state index in [2.05, 4.69) is 12.2 Å². The van der Waals surface area contributed by atoms with E-state index < -0.39 is 21.7 Å². The standard InChI is InChI=1S/C18H20N2O4S2/c1-10-7-8-11-13(9-10)25-18(15(11)16(19)21)20-17(22)12-5-3-4-6-14(12)26(2,23)24/h3-6,10H,7-9H2,1-2H3,(H2,19,21)(H,20,22)/t10-/m0/s1. The van der Waals surface area contributed by atoms with Crippen LogP contribution in [0.25, 0.3) is 0 Å². The highest BCUT2D eigenvalue weighted by atomic mass is 32.2. The molecule has 3 rings (SSSR count). The Morgan fingerprint density at radius 1 is 1.27 bits per heavy atom. The van der Waals surface area contributed by atoms with Crippen LogP contribution in [-0.4, -0.2) is 26.5 Å². The summed E-state index contributed by atoms with van der Waals surface area (Å²) >= 11 is 1.35. The molecule has 1 atom stereocenters. The van der Waals surface area contributed by atoms with Crippen LogP contribution in [0.3, 0.4) is 0 Å². The first-order valence-corrected chi connectivity index (χ1v) is 10.9. The smallest absolute Gasteiger partial charge is 0.257 e. The maximum Gasteiger partial charge on any atom is 0.257 e. The SMILES string of the molecule is C[C@H]1CCc2c(sc(NC(=O)c3ccccc3S(C)(=O)=O)c2C(N)=O)C1. The van der Waals surface area contributed by atoms with Crippen molar-refractivity contribution in [3.8, 4) is 0 Å². The summed E-state index contributed by atoms with van der Waals surface area (Å²) in [6.07, 6.45) is 3.62. The minimum Gasteiger partial charge on any atom is -0.365 e. The average Bonchev–Trinajstić information content (AvgIpc) is 2.90. The van der Waals surface area contributed by atoms with Gasteiger partial charge in [0.1, 0.15) is 5.00 Å². The van der Waals surface area contributed by atoms with E-state index in [1.165, 1.54) is 23.5 Å². The van der Waals surface area contributed by atoms with Gasteiger partial charge >= 0.3 is 0 Å². The molecule has 0 radical (unpaired) electrons. The van der Waals surface area contributed by atoms with Crippen molar-refractivity contribution in [3.63, 3.8) is 0 Å². The molecule has 1 aromatic heterocycles. The Hall–Kier alpha value is -2.19. The van der Waals surface area contributed by atoms with Crippen molar-refractivity contribution in [2.75, 3.05) is 11.6 Å². The fraction of sp³-hybridized carbons (Fsp3) is 0.333. The molecule has 0 saturated heterocycles. The molecule has 0 fully saturated rings. The summed E-state index contributed by atoms with van der Waals surface area (Å²) < 4.78 is 23.9. The van der Waals surface area contributed by atoms with Crippen LogP contribution >= 0.6 is 11.3 Å². The first-order chi connectivity index (χ1) is 12.2. The van der Waals surface area contributed by atoms with E-state index in [1.54, 1.807) is 12.1 Å². The van der Waals surface area contributed by atoms with Crippen molar-refractivity contribution in [1.29, 1.82) is 0 Å². The van der Waals surface area contributed by atoms with Crippen molar-refractivity contribution >= 4 is 38.0 Å². The lowest BCUT2D eigenvalue weighted by molar-refractivity contribution is 0.1000. The highest BCUT2D eigenvalue weighted by molar-refractivity contribution is 7.90. The lowest BCUT2D eigenvalue weighted by Gasteiger charge is -2.18. The number of fused-ring (bicyclic) bond motifs is 1. The van der Waals surface area contributed by atoms with Crippen molar-refractivity contribution in [3.05, 3.63) is 45.8 Å². The predicted molar refractivity (Wildman–Crippen MR) is 102 cm³/mol. The minimum absolute atomic E-state index is 0.0464. The van der Waals surface area contributed by atoms with Crippen molar-refractivity contribution in [2.45, 2.75) is 31.1 Å². The maximum atomic E-state index is 12.7. The van der Waals surface area contributed by atoms with Gasteiger partial charge in [-0.05, 0) is 42.9 Å². The van der Waals surface area contributed by atoms with Crippen LogP contribution in [0.15, 0.2) is 29.2 Å². The third kappa shape index (κ3) is 3.52. The third-order valence-corrected chi connectivity index (χ3v) is 6.84. The van der Waals surface area contributed by atoms with Crippen LogP contribution in [0.2, 0.25) is 0 Å². The van der Waals surface area contributed by atoms with Gasteiger partial charge in [0.05, 0.1) is 16.0 Å². The largest absolute Gasteiger partial charge is 0.365 e. The lowest BCUT2D eigenvalue weighted by Crippen LogP contribution is -2.20. The number of hydrogen-bond donors (Lipinski definition) is 2. The molecule has 0 bridgehead atoms. The number of anilines is 1. The Morgan fingerprint density at radius 2 is 1.96 bits per heavy atom. The molecular formula is C18H20N2O4S2. The average molecular weight is 393 g/mol. The van der Waals surface area contributed by atoms with Crippen LogP contribution < -0.4 is 11.1 Å². The number of primary amides is 1. The number of carbonyl (C=O) groups excluding carboxylic acids is 2. The Labute approximate surface area is 156 Å². The third-order valence-electron chi connectivity index (χ3n) is 4.52. The van der Waals surface area contributed by atoms with Crippen LogP contribution in [0, 0.1) is 5.92 Å². The summed E-state index contributed by atoms with van der Waals surface area (Å²) in [6.45, 7) is 2.15. The normalized spacial score (nSPS) is 16.8. The summed E-state index contributed by atoms with van der Waals surface area (Å²) in [7, 11) is -3.56. The zero-order valence-electron chi connectivity index (χ0n) is 14.5. The molecule has 2 amide bonds. The van der Waals surface area contributed by atoms with E-state index in [0.717, 1.165) is 36.0 Å². The van der Waals surface area contributed by atoms with Gasteiger partial charge in [0.15, 0.2) is 9.84 Å². The first-order valence-electron chi connectivity index (χ1n) is 8.23. The Morgan fingerprint density at radius 3 is 2.62 bits per heavy atom. The molecule has 0 unspecified atom stereocenters. The highest BCUT2D eigenvalue weighted by Crippen LogP contribution is 2.39. The van der Waals surface area contributed by atoms with Gasteiger partial charge in [-0.25, -0.2) is 8.42 Å². The van der Waals surface area contributed by atoms with Gasteiger partial charge < -0.3 is 11.1 Å². The molecular weight excluding hydrogens is 372 g/mol. The number of hydrogen-bond acceptors (Lipinski definition) is 5. The topological polar surface area (TPSA) is 106 Å². The molecule has 0 saturated carbocycles. The van der Waals surface area contributed by atoms with Gasteiger partial charge in [0.2, 0.25) is 0 Å². The molecule has 6 nitrogen and oxygen atoms in total. The summed E-state index contributed by atoms with van der Waals surface area (Å²) in [6, 6.07) is 6.00. The maximum absolute atomic E-state index is 12.7. The summed E-state index contributed by atoms with van der Waals surface area (Å²) in [5, 5.41) is 3.10. The van der Waals surface area contributed by atoms with Gasteiger partial charge in [-0.3, -0.25) is 9.59 Å². The van der Waals surface area contributed by atoms with E-state index in [0.29, 0.717) is 16.5 Å². The molecule has 0 spiro atoms. The number of rotatable bonds is 4. The molecule has 1 aromatic carbocycles. The monoisotopic (exact) mass is 392 g/mol. The second kappa shape index (κ2) is 6.85. The molecule has 3 N–H and O–H groups in total. The zero-order valence-corrected chi connectivity index (χ0v) is 16.2. The van der Waals surface area contributed by atoms with E-state index in [1.807, 2.05) is 0 Å². The van der Waals surface area contributed by atoms with Gasteiger partial charge in [-0.15, -0.1) is 11.3 Å². The fourth-order valence-corrected chi connectivity index (χ4v) is 5.54. The van der Waals surface area contributed by atoms with Crippen LogP contribution in [0.5, 0.6) is 0 Å². The number of sulfone groups is 1. The van der Waals surface area contributed by atoms with Crippen molar-refractivity contribution in [1.82, 2.24) is 0 Å². The van der Waals surface area contributed by atoms with Gasteiger partial charge in [0.25, 0.3) is 11.8 Å². The van der Waals surface area contributed by atoms with Crippen LogP contribution in [0.4, 0.5) is 5.00 Å². The quantitative estimate of drug-likeness (QED) is 0.834. The Bertz CT molecular complexity index is 993. The molecule has 0 aliphatic heterocycles. The summed E-state index contributed by atoms with van der Waals surface area (Å²) in [4.78, 5) is 25.7. The molecule has 1 heterocycles. The molecule has 138 valence electrons. The van der Waals surface area contributed by atoms with E-state index in [9.17, 15) is 18.0 Å². The van der Waals surface area contributed by atoms with Gasteiger partial charge in [0, 0.05) is 11.1 Å². The van der Waals surface area contributed by atoms with Crippen LogP contribution in [0.1, 0.15) is 44.5 Å². The molecule has 2 aromatic rings. The van der Waals surface area contributed by atoms with E-state index in [-0.39, 0.29) is 10.5 Å². The first kappa shape index (κ1) is 18.6. The number of amides is 2. The van der Waals surface area contributed by atoms with Crippen molar-refractivity contribution < 1.29 is 18.0 Å². The number of benzene rings is 1. The molecule has 1 aliphatic carbocycles.